The molecule has 1 aromatic heterocycles. The van der Waals surface area contributed by atoms with Gasteiger partial charge in [-0.05, 0) is 65.9 Å². The first-order chi connectivity index (χ1) is 17.5. The van der Waals surface area contributed by atoms with Crippen LogP contribution in [0.2, 0.25) is 5.02 Å². The summed E-state index contributed by atoms with van der Waals surface area (Å²) in [6, 6.07) is 0.346. The van der Waals surface area contributed by atoms with Crippen molar-refractivity contribution in [3.8, 4) is 0 Å². The van der Waals surface area contributed by atoms with Gasteiger partial charge in [0.05, 0.1) is 21.5 Å². The fourth-order valence-corrected chi connectivity index (χ4v) is 4.63. The summed E-state index contributed by atoms with van der Waals surface area (Å²) < 4.78 is 22.3. The van der Waals surface area contributed by atoms with Crippen LogP contribution in [0.5, 0.6) is 0 Å². The minimum absolute atomic E-state index is 0.0411. The van der Waals surface area contributed by atoms with Crippen molar-refractivity contribution in [1.29, 1.82) is 5.41 Å². The Morgan fingerprint density at radius 1 is 1.29 bits per heavy atom. The van der Waals surface area contributed by atoms with Gasteiger partial charge in [0.15, 0.2) is 0 Å². The minimum Gasteiger partial charge on any atom is -0.464 e. The lowest BCUT2D eigenvalue weighted by Crippen LogP contribution is -2.46. The Hall–Kier alpha value is -3.41. The predicted octanol–water partition coefficient (Wildman–Crippen LogP) is 4.55. The van der Waals surface area contributed by atoms with E-state index in [1.165, 1.54) is 9.47 Å². The molecule has 3 rings (SSSR count). The number of ether oxygens (including phenoxy) is 1. The number of carbonyl (C=O) groups is 2. The molecule has 1 unspecified atom stereocenters. The summed E-state index contributed by atoms with van der Waals surface area (Å²) in [5.41, 5.74) is -1.42. The average molecular weight is 554 g/mol. The lowest BCUT2D eigenvalue weighted by atomic mass is 9.96. The minimum atomic E-state index is -1.63. The van der Waals surface area contributed by atoms with Gasteiger partial charge in [0.1, 0.15) is 11.4 Å². The third-order valence-electron chi connectivity index (χ3n) is 6.00. The van der Waals surface area contributed by atoms with Crippen molar-refractivity contribution < 1.29 is 23.8 Å². The third-order valence-corrected chi connectivity index (χ3v) is 6.37. The highest BCUT2D eigenvalue weighted by atomic mass is 35.5. The molecule has 0 radical (unpaired) electrons. The number of hydrogen-bond acceptors (Lipinski definition) is 6. The number of amides is 2. The summed E-state index contributed by atoms with van der Waals surface area (Å²) in [5.74, 6) is -1.24. The van der Waals surface area contributed by atoms with E-state index in [2.05, 4.69) is 0 Å². The standard InChI is InChI=1S/C25H33ClFN5O6/c1-12(2)30(24(37)38-25(4,5)6)11-13(3)9-17(28)18-16(27)10-15-20(19(18)26)31(14-7-8-14)23(36)32(21(15)33)29-22(34)35/h10,12-14,28-29H,7-9,11H2,1-6H3,(H,34,35). The summed E-state index contributed by atoms with van der Waals surface area (Å²) in [4.78, 5) is 51.2. The van der Waals surface area contributed by atoms with E-state index < -0.39 is 34.9 Å². The molecule has 1 aliphatic carbocycles. The predicted molar refractivity (Wildman–Crippen MR) is 142 cm³/mol. The number of rotatable bonds is 8. The molecule has 0 spiro atoms. The second-order valence-electron chi connectivity index (χ2n) is 10.9. The maximum absolute atomic E-state index is 15.3. The van der Waals surface area contributed by atoms with Crippen LogP contribution < -0.4 is 16.7 Å². The van der Waals surface area contributed by atoms with Gasteiger partial charge in [0, 0.05) is 24.3 Å². The third kappa shape index (κ3) is 6.17. The van der Waals surface area contributed by atoms with Gasteiger partial charge in [-0.25, -0.2) is 24.2 Å². The van der Waals surface area contributed by atoms with Crippen molar-refractivity contribution in [2.45, 2.75) is 78.5 Å². The molecule has 1 saturated carbocycles. The Balaban J connectivity index is 2.00. The highest BCUT2D eigenvalue weighted by molar-refractivity contribution is 6.38. The molecule has 0 bridgehead atoms. The van der Waals surface area contributed by atoms with Crippen molar-refractivity contribution in [3.63, 3.8) is 0 Å². The van der Waals surface area contributed by atoms with Crippen LogP contribution in [0.4, 0.5) is 14.0 Å². The number of carbonyl (C=O) groups excluding carboxylic acids is 1. The molecule has 38 heavy (non-hydrogen) atoms. The van der Waals surface area contributed by atoms with Crippen LogP contribution in [0.25, 0.3) is 10.9 Å². The van der Waals surface area contributed by atoms with Gasteiger partial charge in [-0.2, -0.15) is 4.68 Å². The van der Waals surface area contributed by atoms with E-state index >= 15 is 4.39 Å². The van der Waals surface area contributed by atoms with Gasteiger partial charge < -0.3 is 20.2 Å². The molecule has 1 aliphatic rings. The van der Waals surface area contributed by atoms with E-state index in [0.29, 0.717) is 17.5 Å². The van der Waals surface area contributed by atoms with Gasteiger partial charge in [-0.15, -0.1) is 0 Å². The quantitative estimate of drug-likeness (QED) is 0.409. The number of carboxylic acid groups (broad SMARTS) is 1. The molecular formula is C25H33ClFN5O6. The highest BCUT2D eigenvalue weighted by Gasteiger charge is 2.32. The number of fused-ring (bicyclic) bond motifs is 1. The first-order valence-corrected chi connectivity index (χ1v) is 12.7. The molecule has 0 aliphatic heterocycles. The van der Waals surface area contributed by atoms with Gasteiger partial charge in [0.2, 0.25) is 0 Å². The van der Waals surface area contributed by atoms with E-state index in [1.807, 2.05) is 13.8 Å². The van der Waals surface area contributed by atoms with Crippen molar-refractivity contribution in [1.82, 2.24) is 14.1 Å². The van der Waals surface area contributed by atoms with Crippen LogP contribution in [0.15, 0.2) is 15.7 Å². The summed E-state index contributed by atoms with van der Waals surface area (Å²) in [5, 5.41) is 17.1. The zero-order valence-electron chi connectivity index (χ0n) is 22.2. The summed E-state index contributed by atoms with van der Waals surface area (Å²) in [6.07, 6.45) is -0.910. The van der Waals surface area contributed by atoms with Crippen molar-refractivity contribution in [2.75, 3.05) is 12.0 Å². The smallest absolute Gasteiger partial charge is 0.424 e. The van der Waals surface area contributed by atoms with Crippen molar-refractivity contribution >= 4 is 40.4 Å². The second kappa shape index (κ2) is 10.8. The zero-order chi connectivity index (χ0) is 28.7. The molecule has 208 valence electrons. The molecule has 3 N–H and O–H groups in total. The molecule has 13 heteroatoms. The van der Waals surface area contributed by atoms with E-state index in [-0.39, 0.29) is 58.2 Å². The van der Waals surface area contributed by atoms with Crippen LogP contribution in [0.1, 0.15) is 72.4 Å². The van der Waals surface area contributed by atoms with Crippen LogP contribution >= 0.6 is 11.6 Å². The monoisotopic (exact) mass is 553 g/mol. The molecule has 1 fully saturated rings. The molecule has 1 aromatic carbocycles. The maximum atomic E-state index is 15.3. The first-order valence-electron chi connectivity index (χ1n) is 12.3. The summed E-state index contributed by atoms with van der Waals surface area (Å²) >= 11 is 6.57. The lowest BCUT2D eigenvalue weighted by Gasteiger charge is -2.32. The van der Waals surface area contributed by atoms with Gasteiger partial charge in [-0.1, -0.05) is 18.5 Å². The summed E-state index contributed by atoms with van der Waals surface area (Å²) in [6.45, 7) is 11.0. The number of nitrogens with one attached hydrogen (secondary N) is 2. The van der Waals surface area contributed by atoms with E-state index in [0.717, 1.165) is 6.07 Å². The molecule has 0 saturated heterocycles. The SMILES string of the molecule is CC(CC(=N)c1c(F)cc2c(=O)n(NC(=O)O)c(=O)n(C3CC3)c2c1Cl)CN(C(=O)OC(C)(C)C)C(C)C. The van der Waals surface area contributed by atoms with Gasteiger partial charge in [-0.3, -0.25) is 9.36 Å². The second-order valence-corrected chi connectivity index (χ2v) is 11.3. The Morgan fingerprint density at radius 3 is 2.39 bits per heavy atom. The van der Waals surface area contributed by atoms with Crippen LogP contribution in [-0.4, -0.2) is 55.3 Å². The van der Waals surface area contributed by atoms with Crippen molar-refractivity contribution in [2.24, 2.45) is 5.92 Å². The molecule has 1 atom stereocenters. The van der Waals surface area contributed by atoms with Crippen molar-refractivity contribution in [3.05, 3.63) is 43.3 Å². The highest BCUT2D eigenvalue weighted by Crippen LogP contribution is 2.38. The zero-order valence-corrected chi connectivity index (χ0v) is 23.0. The Kier molecular flexibility index (Phi) is 8.25. The Morgan fingerprint density at radius 2 is 1.89 bits per heavy atom. The fraction of sp³-hybridized carbons (Fsp3) is 0.560. The Bertz CT molecular complexity index is 1410. The molecular weight excluding hydrogens is 521 g/mol. The van der Waals surface area contributed by atoms with E-state index in [9.17, 15) is 19.2 Å². The number of halogens is 2. The number of hydrogen-bond donors (Lipinski definition) is 3. The number of aromatic nitrogens is 2. The fourth-order valence-electron chi connectivity index (χ4n) is 4.23. The molecule has 2 amide bonds. The topological polar surface area (TPSA) is 147 Å². The molecule has 11 nitrogen and oxygen atoms in total. The van der Waals surface area contributed by atoms with Gasteiger partial charge >= 0.3 is 17.9 Å². The van der Waals surface area contributed by atoms with E-state index in [1.54, 1.807) is 33.1 Å². The normalized spacial score (nSPS) is 14.4. The number of benzene rings is 1. The van der Waals surface area contributed by atoms with Gasteiger partial charge in [0.25, 0.3) is 5.56 Å². The van der Waals surface area contributed by atoms with Crippen LogP contribution in [0.3, 0.4) is 0 Å². The largest absolute Gasteiger partial charge is 0.464 e. The number of nitrogens with zero attached hydrogens (tertiary/aromatic N) is 3. The maximum Gasteiger partial charge on any atom is 0.424 e. The molecule has 2 aromatic rings. The van der Waals surface area contributed by atoms with E-state index in [4.69, 9.17) is 26.9 Å². The van der Waals surface area contributed by atoms with Crippen LogP contribution in [-0.2, 0) is 4.74 Å². The average Bonchev–Trinajstić information content (AvgIpc) is 3.59. The Labute approximate surface area is 223 Å². The lowest BCUT2D eigenvalue weighted by molar-refractivity contribution is 0.0163. The first kappa shape index (κ1) is 29.2. The molecule has 1 heterocycles. The summed E-state index contributed by atoms with van der Waals surface area (Å²) in [7, 11) is 0. The van der Waals surface area contributed by atoms with Crippen LogP contribution in [0, 0.1) is 17.1 Å².